The second-order valence-corrected chi connectivity index (χ2v) is 12.8. The summed E-state index contributed by atoms with van der Waals surface area (Å²) in [5, 5.41) is 4.73. The van der Waals surface area contributed by atoms with Crippen LogP contribution in [-0.4, -0.2) is 12.3 Å². The standard InChI is InChI=1S/C24H27P/c1-2-13-21-25(20-12-1,22-14-6-3-7-15-22,23-16-8-4-9-17-23)24-18-10-5-11-19-24/h3-11,14-19H,1-2,12-13,20-21H2. The zero-order valence-corrected chi connectivity index (χ0v) is 15.7. The number of benzene rings is 3. The molecule has 0 atom stereocenters. The van der Waals surface area contributed by atoms with Gasteiger partial charge in [-0.25, -0.2) is 0 Å². The molecule has 0 spiro atoms. The van der Waals surface area contributed by atoms with Crippen molar-refractivity contribution in [3.63, 3.8) is 0 Å². The molecule has 1 aliphatic rings. The maximum absolute atomic E-state index is 2.42. The summed E-state index contributed by atoms with van der Waals surface area (Å²) in [6.07, 6.45) is 8.01. The normalized spacial score (nSPS) is 20.7. The van der Waals surface area contributed by atoms with Crippen LogP contribution >= 0.6 is 6.60 Å². The third-order valence-electron chi connectivity index (χ3n) is 6.19. The van der Waals surface area contributed by atoms with Gasteiger partial charge >= 0.3 is 152 Å². The fourth-order valence-corrected chi connectivity index (χ4v) is 12.2. The summed E-state index contributed by atoms with van der Waals surface area (Å²) in [6.45, 7) is -2.42. The Hall–Kier alpha value is -1.91. The molecule has 1 aliphatic heterocycles. The average molecular weight is 346 g/mol. The summed E-state index contributed by atoms with van der Waals surface area (Å²) in [5.74, 6) is 0. The molecule has 0 aliphatic carbocycles. The molecule has 1 heterocycles. The van der Waals surface area contributed by atoms with E-state index in [1.54, 1.807) is 15.9 Å². The van der Waals surface area contributed by atoms with Crippen molar-refractivity contribution in [2.24, 2.45) is 0 Å². The van der Waals surface area contributed by atoms with Crippen LogP contribution in [0.2, 0.25) is 0 Å². The molecule has 3 aromatic rings. The van der Waals surface area contributed by atoms with Gasteiger partial charge in [-0.3, -0.25) is 0 Å². The molecule has 1 heteroatoms. The van der Waals surface area contributed by atoms with Gasteiger partial charge < -0.3 is 0 Å². The third kappa shape index (κ3) is 2.55. The minimum absolute atomic E-state index is 1.31. The van der Waals surface area contributed by atoms with E-state index in [0.717, 1.165) is 0 Å². The fourth-order valence-electron chi connectivity index (χ4n) is 4.97. The van der Waals surface area contributed by atoms with Crippen LogP contribution in [0.25, 0.3) is 0 Å². The molecule has 0 amide bonds. The summed E-state index contributed by atoms with van der Waals surface area (Å²) in [7, 11) is 0. The van der Waals surface area contributed by atoms with Gasteiger partial charge in [0.05, 0.1) is 0 Å². The maximum atomic E-state index is 2.41. The molecule has 0 saturated carbocycles. The van der Waals surface area contributed by atoms with Gasteiger partial charge in [0.15, 0.2) is 0 Å². The van der Waals surface area contributed by atoms with Gasteiger partial charge in [0.2, 0.25) is 0 Å². The Kier molecular flexibility index (Phi) is 4.48. The van der Waals surface area contributed by atoms with Gasteiger partial charge in [0, 0.05) is 0 Å². The Bertz CT molecular complexity index is 697. The second kappa shape index (κ2) is 6.77. The van der Waals surface area contributed by atoms with E-state index in [1.807, 2.05) is 0 Å². The fraction of sp³-hybridized carbons (Fsp3) is 0.250. The molecule has 25 heavy (non-hydrogen) atoms. The van der Waals surface area contributed by atoms with Gasteiger partial charge in [0.1, 0.15) is 0 Å². The van der Waals surface area contributed by atoms with Crippen LogP contribution < -0.4 is 15.9 Å². The molecular formula is C24H27P. The molecular weight excluding hydrogens is 319 g/mol. The number of hydrogen-bond acceptors (Lipinski definition) is 0. The van der Waals surface area contributed by atoms with E-state index < -0.39 is 6.60 Å². The number of rotatable bonds is 3. The SMILES string of the molecule is c1ccc(P2(c3ccccc3)(c3ccccc3)CCCCCC2)cc1. The first-order valence-electron chi connectivity index (χ1n) is 9.54. The summed E-state index contributed by atoms with van der Waals surface area (Å²) < 4.78 is 0. The first kappa shape index (κ1) is 16.6. The molecule has 1 fully saturated rings. The van der Waals surface area contributed by atoms with Crippen LogP contribution in [0.4, 0.5) is 0 Å². The van der Waals surface area contributed by atoms with E-state index in [9.17, 15) is 0 Å². The van der Waals surface area contributed by atoms with Crippen molar-refractivity contribution in [1.82, 2.24) is 0 Å². The predicted octanol–water partition coefficient (Wildman–Crippen LogP) is 5.09. The molecule has 3 aromatic carbocycles. The Balaban J connectivity index is 2.12. The van der Waals surface area contributed by atoms with Crippen molar-refractivity contribution in [3.8, 4) is 0 Å². The van der Waals surface area contributed by atoms with Gasteiger partial charge in [-0.1, -0.05) is 0 Å². The Labute approximate surface area is 151 Å². The molecule has 0 unspecified atom stereocenters. The quantitative estimate of drug-likeness (QED) is 0.580. The van der Waals surface area contributed by atoms with E-state index >= 15 is 0 Å². The van der Waals surface area contributed by atoms with Gasteiger partial charge in [-0.2, -0.15) is 0 Å². The van der Waals surface area contributed by atoms with Crippen LogP contribution in [0.15, 0.2) is 91.0 Å². The van der Waals surface area contributed by atoms with Gasteiger partial charge in [-0.15, -0.1) is 0 Å². The van der Waals surface area contributed by atoms with Crippen LogP contribution in [0, 0.1) is 0 Å². The molecule has 4 rings (SSSR count). The number of hydrogen-bond donors (Lipinski definition) is 0. The third-order valence-corrected chi connectivity index (χ3v) is 13.4. The van der Waals surface area contributed by atoms with E-state index in [-0.39, 0.29) is 0 Å². The molecule has 0 N–H and O–H groups in total. The van der Waals surface area contributed by atoms with Crippen molar-refractivity contribution in [1.29, 1.82) is 0 Å². The minimum atomic E-state index is -2.42. The summed E-state index contributed by atoms with van der Waals surface area (Å²) in [5.41, 5.74) is 0. The van der Waals surface area contributed by atoms with Crippen molar-refractivity contribution in [2.75, 3.05) is 12.3 Å². The van der Waals surface area contributed by atoms with Crippen molar-refractivity contribution < 1.29 is 0 Å². The summed E-state index contributed by atoms with van der Waals surface area (Å²) in [4.78, 5) is 0. The molecule has 0 nitrogen and oxygen atoms in total. The first-order valence-corrected chi connectivity index (χ1v) is 12.1. The zero-order chi connectivity index (χ0) is 17.0. The molecule has 128 valence electrons. The van der Waals surface area contributed by atoms with E-state index in [2.05, 4.69) is 91.0 Å². The average Bonchev–Trinajstić information content (AvgIpc) is 2.95. The summed E-state index contributed by atoms with van der Waals surface area (Å²) >= 11 is 0. The van der Waals surface area contributed by atoms with Crippen molar-refractivity contribution in [3.05, 3.63) is 91.0 Å². The van der Waals surface area contributed by atoms with Crippen LogP contribution in [0.5, 0.6) is 0 Å². The molecule has 0 bridgehead atoms. The van der Waals surface area contributed by atoms with Crippen LogP contribution in [-0.2, 0) is 0 Å². The van der Waals surface area contributed by atoms with E-state index in [1.165, 1.54) is 38.0 Å². The Morgan fingerprint density at radius 2 is 0.720 bits per heavy atom. The van der Waals surface area contributed by atoms with Crippen LogP contribution in [0.3, 0.4) is 0 Å². The topological polar surface area (TPSA) is 0 Å². The van der Waals surface area contributed by atoms with Crippen molar-refractivity contribution in [2.45, 2.75) is 25.7 Å². The predicted molar refractivity (Wildman–Crippen MR) is 113 cm³/mol. The monoisotopic (exact) mass is 346 g/mol. The van der Waals surface area contributed by atoms with Crippen molar-refractivity contribution >= 4 is 22.5 Å². The zero-order valence-electron chi connectivity index (χ0n) is 14.9. The molecule has 0 aromatic heterocycles. The second-order valence-electron chi connectivity index (χ2n) is 7.38. The Morgan fingerprint density at radius 3 is 1.04 bits per heavy atom. The van der Waals surface area contributed by atoms with Gasteiger partial charge in [0.25, 0.3) is 0 Å². The van der Waals surface area contributed by atoms with Gasteiger partial charge in [-0.05, 0) is 0 Å². The summed E-state index contributed by atoms with van der Waals surface area (Å²) in [6, 6.07) is 34.3. The first-order chi connectivity index (χ1) is 12.4. The van der Waals surface area contributed by atoms with E-state index in [0.29, 0.717) is 0 Å². The molecule has 0 radical (unpaired) electrons. The van der Waals surface area contributed by atoms with E-state index in [4.69, 9.17) is 0 Å². The Morgan fingerprint density at radius 1 is 0.400 bits per heavy atom. The van der Waals surface area contributed by atoms with Crippen LogP contribution in [0.1, 0.15) is 25.7 Å². The molecule has 1 saturated heterocycles.